The SMILES string of the molecule is COC(=O)Cc1cc(F)ccc1S(=O)(=O)Nc1ccc2c(c1C(O)OC)OCC1CC21. The zero-order valence-corrected chi connectivity index (χ0v) is 17.7. The van der Waals surface area contributed by atoms with Gasteiger partial charge in [-0.15, -0.1) is 0 Å². The second-order valence-electron chi connectivity index (χ2n) is 7.56. The maximum atomic E-state index is 13.7. The number of benzene rings is 2. The Hall–Kier alpha value is -2.69. The fourth-order valence-corrected chi connectivity index (χ4v) is 5.20. The largest absolute Gasteiger partial charge is 0.492 e. The van der Waals surface area contributed by atoms with Crippen LogP contribution in [0.5, 0.6) is 5.75 Å². The number of methoxy groups -OCH3 is 2. The molecule has 2 aliphatic rings. The Kier molecular flexibility index (Phi) is 5.63. The smallest absolute Gasteiger partial charge is 0.310 e. The van der Waals surface area contributed by atoms with Crippen LogP contribution in [0.3, 0.4) is 0 Å². The van der Waals surface area contributed by atoms with Gasteiger partial charge in [0.15, 0.2) is 6.29 Å². The Morgan fingerprint density at radius 3 is 2.81 bits per heavy atom. The van der Waals surface area contributed by atoms with Crippen LogP contribution in [-0.4, -0.2) is 40.3 Å². The number of esters is 1. The number of fused-ring (bicyclic) bond motifs is 3. The Morgan fingerprint density at radius 2 is 2.10 bits per heavy atom. The minimum absolute atomic E-state index is 0.0526. The van der Waals surface area contributed by atoms with Gasteiger partial charge in [0.25, 0.3) is 10.0 Å². The lowest BCUT2D eigenvalue weighted by Crippen LogP contribution is -2.20. The number of hydrogen-bond donors (Lipinski definition) is 2. The van der Waals surface area contributed by atoms with Crippen LogP contribution in [0, 0.1) is 11.7 Å². The van der Waals surface area contributed by atoms with E-state index in [9.17, 15) is 22.7 Å². The first-order valence-electron chi connectivity index (χ1n) is 9.63. The van der Waals surface area contributed by atoms with Gasteiger partial charge in [-0.25, -0.2) is 12.8 Å². The molecule has 8 nitrogen and oxygen atoms in total. The van der Waals surface area contributed by atoms with Crippen molar-refractivity contribution >= 4 is 21.7 Å². The van der Waals surface area contributed by atoms with Crippen LogP contribution in [0.2, 0.25) is 0 Å². The molecule has 2 aromatic rings. The Balaban J connectivity index is 1.75. The van der Waals surface area contributed by atoms with E-state index in [1.165, 1.54) is 7.11 Å². The molecule has 0 amide bonds. The molecular weight excluding hydrogens is 429 g/mol. The van der Waals surface area contributed by atoms with E-state index in [1.54, 1.807) is 12.1 Å². The van der Waals surface area contributed by atoms with Crippen LogP contribution in [0.25, 0.3) is 0 Å². The molecule has 1 aliphatic carbocycles. The fraction of sp³-hybridized carbons (Fsp3) is 0.381. The maximum absolute atomic E-state index is 13.7. The lowest BCUT2D eigenvalue weighted by atomic mass is 10.00. The van der Waals surface area contributed by atoms with E-state index in [-0.39, 0.29) is 21.7 Å². The highest BCUT2D eigenvalue weighted by Gasteiger charge is 2.45. The number of aliphatic hydroxyl groups excluding tert-OH is 1. The van der Waals surface area contributed by atoms with Gasteiger partial charge in [0, 0.05) is 13.0 Å². The minimum Gasteiger partial charge on any atom is -0.492 e. The van der Waals surface area contributed by atoms with Crippen LogP contribution in [-0.2, 0) is 30.7 Å². The number of anilines is 1. The molecule has 0 bridgehead atoms. The summed E-state index contributed by atoms with van der Waals surface area (Å²) in [5.74, 6) is -0.237. The van der Waals surface area contributed by atoms with E-state index >= 15 is 0 Å². The molecule has 3 atom stereocenters. The second kappa shape index (κ2) is 8.10. The number of aliphatic hydroxyl groups is 1. The molecule has 1 aliphatic heterocycles. The van der Waals surface area contributed by atoms with Gasteiger partial charge in [-0.1, -0.05) is 6.07 Å². The van der Waals surface area contributed by atoms with Crippen LogP contribution in [0.1, 0.15) is 35.3 Å². The Bertz CT molecular complexity index is 1130. The van der Waals surface area contributed by atoms with E-state index in [0.29, 0.717) is 24.2 Å². The lowest BCUT2D eigenvalue weighted by Gasteiger charge is -2.25. The first-order valence-corrected chi connectivity index (χ1v) is 11.1. The van der Waals surface area contributed by atoms with Gasteiger partial charge >= 0.3 is 5.97 Å². The highest BCUT2D eigenvalue weighted by atomic mass is 32.2. The molecule has 1 saturated carbocycles. The number of ether oxygens (including phenoxy) is 3. The van der Waals surface area contributed by atoms with Gasteiger partial charge in [-0.2, -0.15) is 0 Å². The summed E-state index contributed by atoms with van der Waals surface area (Å²) in [7, 11) is -1.81. The van der Waals surface area contributed by atoms with Crippen LogP contribution in [0.15, 0.2) is 35.2 Å². The van der Waals surface area contributed by atoms with Crippen molar-refractivity contribution in [3.05, 3.63) is 52.8 Å². The van der Waals surface area contributed by atoms with Crippen molar-refractivity contribution in [2.75, 3.05) is 25.5 Å². The van der Waals surface area contributed by atoms with Crippen molar-refractivity contribution in [3.8, 4) is 5.75 Å². The molecule has 0 spiro atoms. The molecule has 2 aromatic carbocycles. The average molecular weight is 451 g/mol. The highest BCUT2D eigenvalue weighted by Crippen LogP contribution is 2.56. The van der Waals surface area contributed by atoms with E-state index in [4.69, 9.17) is 9.47 Å². The summed E-state index contributed by atoms with van der Waals surface area (Å²) in [4.78, 5) is 11.4. The van der Waals surface area contributed by atoms with Gasteiger partial charge < -0.3 is 19.3 Å². The number of carbonyl (C=O) groups is 1. The fourth-order valence-electron chi connectivity index (χ4n) is 3.90. The normalized spacial score (nSPS) is 20.1. The van der Waals surface area contributed by atoms with E-state index < -0.39 is 34.5 Å². The molecule has 10 heteroatoms. The third-order valence-corrected chi connectivity index (χ3v) is 7.05. The Morgan fingerprint density at radius 1 is 1.32 bits per heavy atom. The van der Waals surface area contributed by atoms with Crippen LogP contribution >= 0.6 is 0 Å². The average Bonchev–Trinajstić information content (AvgIpc) is 3.52. The third-order valence-electron chi connectivity index (χ3n) is 5.58. The molecule has 1 heterocycles. The number of rotatable bonds is 7. The number of carbonyl (C=O) groups excluding carboxylic acids is 1. The van der Waals surface area contributed by atoms with Crippen LogP contribution in [0.4, 0.5) is 10.1 Å². The van der Waals surface area contributed by atoms with Crippen molar-refractivity contribution in [3.63, 3.8) is 0 Å². The molecule has 4 rings (SSSR count). The number of hydrogen-bond acceptors (Lipinski definition) is 7. The zero-order valence-electron chi connectivity index (χ0n) is 16.9. The Labute approximate surface area is 179 Å². The topological polar surface area (TPSA) is 111 Å². The zero-order chi connectivity index (χ0) is 22.3. The monoisotopic (exact) mass is 451 g/mol. The number of sulfonamides is 1. The van der Waals surface area contributed by atoms with Gasteiger partial charge in [0.05, 0.1) is 36.3 Å². The molecule has 0 aromatic heterocycles. The summed E-state index contributed by atoms with van der Waals surface area (Å²) in [5, 5.41) is 10.4. The molecule has 0 saturated heterocycles. The van der Waals surface area contributed by atoms with Crippen molar-refractivity contribution < 1.29 is 36.9 Å². The standard InChI is InChI=1S/C21H22FNO7S/c1-28-18(24)9-11-7-13(22)3-6-17(11)31(26,27)23-16-5-4-14-15-8-12(15)10-30-20(14)19(16)21(25)29-2/h3-7,12,15,21,23,25H,8-10H2,1-2H3. The van der Waals surface area contributed by atoms with E-state index in [0.717, 1.165) is 37.3 Å². The maximum Gasteiger partial charge on any atom is 0.310 e. The summed E-state index contributed by atoms with van der Waals surface area (Å²) in [6, 6.07) is 6.35. The molecule has 0 radical (unpaired) electrons. The molecule has 31 heavy (non-hydrogen) atoms. The quantitative estimate of drug-likeness (QED) is 0.491. The van der Waals surface area contributed by atoms with Crippen molar-refractivity contribution in [1.29, 1.82) is 0 Å². The summed E-state index contributed by atoms with van der Waals surface area (Å²) in [6.07, 6.45) is -0.868. The molecule has 3 unspecified atom stereocenters. The van der Waals surface area contributed by atoms with Gasteiger partial charge in [0.2, 0.25) is 0 Å². The molecule has 166 valence electrons. The van der Waals surface area contributed by atoms with Crippen molar-refractivity contribution in [2.45, 2.75) is 29.9 Å². The minimum atomic E-state index is -4.26. The first-order chi connectivity index (χ1) is 14.7. The van der Waals surface area contributed by atoms with E-state index in [2.05, 4.69) is 9.46 Å². The number of nitrogens with one attached hydrogen (secondary N) is 1. The summed E-state index contributed by atoms with van der Waals surface area (Å²) >= 11 is 0. The number of halogens is 1. The predicted molar refractivity (Wildman–Crippen MR) is 108 cm³/mol. The van der Waals surface area contributed by atoms with Gasteiger partial charge in [-0.3, -0.25) is 9.52 Å². The predicted octanol–water partition coefficient (Wildman–Crippen LogP) is 2.48. The summed E-state index contributed by atoms with van der Waals surface area (Å²) in [6.45, 7) is 0.485. The van der Waals surface area contributed by atoms with E-state index in [1.807, 2.05) is 0 Å². The first kappa shape index (κ1) is 21.5. The third kappa shape index (κ3) is 4.10. The van der Waals surface area contributed by atoms with Gasteiger partial charge in [-0.05, 0) is 47.7 Å². The molecular formula is C21H22FNO7S. The summed E-state index contributed by atoms with van der Waals surface area (Å²) in [5.41, 5.74) is 1.09. The van der Waals surface area contributed by atoms with Crippen LogP contribution < -0.4 is 9.46 Å². The lowest BCUT2D eigenvalue weighted by molar-refractivity contribution is -0.139. The summed E-state index contributed by atoms with van der Waals surface area (Å²) < 4.78 is 57.9. The van der Waals surface area contributed by atoms with Gasteiger partial charge in [0.1, 0.15) is 11.6 Å². The van der Waals surface area contributed by atoms with Crippen molar-refractivity contribution in [2.24, 2.45) is 5.92 Å². The molecule has 1 fully saturated rings. The second-order valence-corrected chi connectivity index (χ2v) is 9.21. The van der Waals surface area contributed by atoms with Crippen molar-refractivity contribution in [1.82, 2.24) is 0 Å². The highest BCUT2D eigenvalue weighted by molar-refractivity contribution is 7.92. The molecule has 2 N–H and O–H groups in total.